The maximum Gasteiger partial charge on any atom is 0.234 e. The summed E-state index contributed by atoms with van der Waals surface area (Å²) in [5.74, 6) is 0.550. The van der Waals surface area contributed by atoms with Gasteiger partial charge < -0.3 is 16.0 Å². The smallest absolute Gasteiger partial charge is 0.234 e. The summed E-state index contributed by atoms with van der Waals surface area (Å²) >= 11 is 3.18. The molecule has 1 aromatic heterocycles. The van der Waals surface area contributed by atoms with Gasteiger partial charge in [0.25, 0.3) is 0 Å². The Morgan fingerprint density at radius 1 is 1.58 bits per heavy atom. The van der Waals surface area contributed by atoms with E-state index in [-0.39, 0.29) is 11.9 Å². The van der Waals surface area contributed by atoms with Crippen LogP contribution in [0.3, 0.4) is 0 Å². The van der Waals surface area contributed by atoms with Crippen molar-refractivity contribution in [1.29, 1.82) is 0 Å². The molecule has 0 saturated heterocycles. The van der Waals surface area contributed by atoms with Crippen molar-refractivity contribution in [1.82, 2.24) is 15.5 Å². The van der Waals surface area contributed by atoms with Crippen LogP contribution in [0.4, 0.5) is 5.13 Å². The number of rotatable bonds is 8. The number of nitrogens with zero attached hydrogens (tertiary/aromatic N) is 3. The average molecular weight is 301 g/mol. The van der Waals surface area contributed by atoms with Gasteiger partial charge in [0, 0.05) is 25.9 Å². The summed E-state index contributed by atoms with van der Waals surface area (Å²) in [5, 5.41) is 12.3. The summed E-state index contributed by atoms with van der Waals surface area (Å²) in [6, 6.07) is 0.269. The van der Waals surface area contributed by atoms with Crippen LogP contribution in [0.15, 0.2) is 4.34 Å². The van der Waals surface area contributed by atoms with Crippen molar-refractivity contribution in [2.24, 2.45) is 5.73 Å². The molecule has 1 saturated carbocycles. The first-order valence-corrected chi connectivity index (χ1v) is 8.05. The second-order valence-electron chi connectivity index (χ2n) is 4.78. The number of anilines is 1. The zero-order valence-corrected chi connectivity index (χ0v) is 12.8. The minimum absolute atomic E-state index is 0.221. The fraction of sp³-hybridized carbons (Fsp3) is 0.727. The van der Waals surface area contributed by atoms with Gasteiger partial charge in [-0.15, -0.1) is 10.2 Å². The van der Waals surface area contributed by atoms with E-state index in [9.17, 15) is 4.79 Å². The lowest BCUT2D eigenvalue weighted by Crippen LogP contribution is -2.42. The Kier molecular flexibility index (Phi) is 5.00. The van der Waals surface area contributed by atoms with Crippen molar-refractivity contribution < 1.29 is 4.79 Å². The molecular weight excluding hydrogens is 282 g/mol. The molecule has 0 aliphatic heterocycles. The number of carbonyl (C=O) groups excluding carboxylic acids is 1. The highest BCUT2D eigenvalue weighted by Crippen LogP contribution is 2.27. The van der Waals surface area contributed by atoms with Gasteiger partial charge in [0.15, 0.2) is 4.34 Å². The molecule has 3 N–H and O–H groups in total. The monoisotopic (exact) mass is 301 g/mol. The third-order valence-electron chi connectivity index (χ3n) is 2.77. The lowest BCUT2D eigenvalue weighted by Gasteiger charge is -2.13. The summed E-state index contributed by atoms with van der Waals surface area (Å²) < 4.78 is 0.929. The number of nitrogens with one attached hydrogen (secondary N) is 1. The molecule has 8 heteroatoms. The van der Waals surface area contributed by atoms with Gasteiger partial charge in [0.1, 0.15) is 0 Å². The third-order valence-corrected chi connectivity index (χ3v) is 5.03. The Bertz CT molecular complexity index is 432. The molecule has 2 rings (SSSR count). The largest absolute Gasteiger partial charge is 0.368 e. The fourth-order valence-corrected chi connectivity index (χ4v) is 3.39. The maximum absolute atomic E-state index is 11.3. The van der Waals surface area contributed by atoms with E-state index in [4.69, 9.17) is 5.73 Å². The van der Waals surface area contributed by atoms with Crippen LogP contribution in [0.2, 0.25) is 0 Å². The van der Waals surface area contributed by atoms with Crippen molar-refractivity contribution in [3.8, 4) is 0 Å². The van der Waals surface area contributed by atoms with Gasteiger partial charge >= 0.3 is 0 Å². The first-order chi connectivity index (χ1) is 9.06. The van der Waals surface area contributed by atoms with Crippen LogP contribution in [0, 0.1) is 0 Å². The minimum atomic E-state index is -0.265. The fourth-order valence-electron chi connectivity index (χ4n) is 1.55. The standard InChI is InChI=1S/C11H19N5OS2/c1-16(2)10-14-15-11(19-10)18-6-5-8(9(12)17)13-7-3-4-7/h7-8,13H,3-6H2,1-2H3,(H2,12,17). The molecule has 0 radical (unpaired) electrons. The van der Waals surface area contributed by atoms with Crippen LogP contribution in [0.5, 0.6) is 0 Å². The third kappa shape index (κ3) is 4.63. The van der Waals surface area contributed by atoms with Crippen molar-refractivity contribution in [2.45, 2.75) is 35.7 Å². The molecule has 1 aliphatic rings. The molecule has 1 atom stereocenters. The molecule has 0 aromatic carbocycles. The van der Waals surface area contributed by atoms with E-state index in [1.807, 2.05) is 19.0 Å². The molecule has 19 heavy (non-hydrogen) atoms. The summed E-state index contributed by atoms with van der Waals surface area (Å²) in [7, 11) is 3.88. The van der Waals surface area contributed by atoms with Crippen molar-refractivity contribution >= 4 is 34.1 Å². The Morgan fingerprint density at radius 2 is 2.32 bits per heavy atom. The molecule has 1 aromatic rings. The summed E-state index contributed by atoms with van der Waals surface area (Å²) in [5.41, 5.74) is 5.39. The summed E-state index contributed by atoms with van der Waals surface area (Å²) in [6.45, 7) is 0. The Balaban J connectivity index is 1.75. The van der Waals surface area contributed by atoms with E-state index < -0.39 is 0 Å². The highest BCUT2D eigenvalue weighted by molar-refractivity contribution is 8.01. The Hall–Kier alpha value is -0.860. The van der Waals surface area contributed by atoms with E-state index in [1.165, 1.54) is 0 Å². The van der Waals surface area contributed by atoms with Crippen molar-refractivity contribution in [2.75, 3.05) is 24.7 Å². The number of amides is 1. The van der Waals surface area contributed by atoms with Gasteiger partial charge in [-0.05, 0) is 19.3 Å². The lowest BCUT2D eigenvalue weighted by atomic mass is 10.2. The number of aromatic nitrogens is 2. The van der Waals surface area contributed by atoms with Crippen LogP contribution in [0.1, 0.15) is 19.3 Å². The van der Waals surface area contributed by atoms with Crippen LogP contribution >= 0.6 is 23.1 Å². The number of primary amides is 1. The molecule has 0 spiro atoms. The van der Waals surface area contributed by atoms with E-state index in [2.05, 4.69) is 15.5 Å². The maximum atomic E-state index is 11.3. The van der Waals surface area contributed by atoms with Gasteiger partial charge in [-0.1, -0.05) is 23.1 Å². The Labute approximate surface area is 121 Å². The lowest BCUT2D eigenvalue weighted by molar-refractivity contribution is -0.120. The zero-order valence-electron chi connectivity index (χ0n) is 11.1. The first-order valence-electron chi connectivity index (χ1n) is 6.25. The van der Waals surface area contributed by atoms with Crippen LogP contribution < -0.4 is 16.0 Å². The highest BCUT2D eigenvalue weighted by Gasteiger charge is 2.26. The number of carbonyl (C=O) groups is 1. The molecule has 6 nitrogen and oxygen atoms in total. The number of thioether (sulfide) groups is 1. The molecular formula is C11H19N5OS2. The first kappa shape index (κ1) is 14.5. The van der Waals surface area contributed by atoms with E-state index in [0.29, 0.717) is 6.04 Å². The molecule has 1 heterocycles. The van der Waals surface area contributed by atoms with Gasteiger partial charge in [-0.2, -0.15) is 0 Å². The molecule has 1 fully saturated rings. The van der Waals surface area contributed by atoms with Gasteiger partial charge in [-0.3, -0.25) is 4.79 Å². The van der Waals surface area contributed by atoms with Crippen molar-refractivity contribution in [3.05, 3.63) is 0 Å². The van der Waals surface area contributed by atoms with E-state index >= 15 is 0 Å². The molecule has 106 valence electrons. The number of hydrogen-bond donors (Lipinski definition) is 2. The van der Waals surface area contributed by atoms with Gasteiger partial charge in [-0.25, -0.2) is 0 Å². The van der Waals surface area contributed by atoms with E-state index in [0.717, 1.165) is 34.5 Å². The number of hydrogen-bond acceptors (Lipinski definition) is 7. The van der Waals surface area contributed by atoms with Gasteiger partial charge in [0.05, 0.1) is 6.04 Å². The molecule has 1 unspecified atom stereocenters. The molecule has 0 bridgehead atoms. The normalized spacial score (nSPS) is 16.3. The minimum Gasteiger partial charge on any atom is -0.368 e. The van der Waals surface area contributed by atoms with Crippen LogP contribution in [-0.4, -0.2) is 48.0 Å². The number of nitrogens with two attached hydrogens (primary N) is 1. The summed E-state index contributed by atoms with van der Waals surface area (Å²) in [4.78, 5) is 13.3. The Morgan fingerprint density at radius 3 is 2.84 bits per heavy atom. The zero-order chi connectivity index (χ0) is 13.8. The van der Waals surface area contributed by atoms with Gasteiger partial charge in [0.2, 0.25) is 11.0 Å². The molecule has 1 aliphatic carbocycles. The topological polar surface area (TPSA) is 84.1 Å². The van der Waals surface area contributed by atoms with E-state index in [1.54, 1.807) is 23.1 Å². The summed E-state index contributed by atoms with van der Waals surface area (Å²) in [6.07, 6.45) is 3.03. The highest BCUT2D eigenvalue weighted by atomic mass is 32.2. The predicted octanol–water partition coefficient (Wildman–Crippen LogP) is 0.692. The molecule has 1 amide bonds. The SMILES string of the molecule is CN(C)c1nnc(SCCC(NC2CC2)C(N)=O)s1. The second-order valence-corrected chi connectivity index (χ2v) is 7.08. The average Bonchev–Trinajstić information content (AvgIpc) is 3.03. The predicted molar refractivity (Wildman–Crippen MR) is 78.7 cm³/mol. The van der Waals surface area contributed by atoms with Crippen LogP contribution in [-0.2, 0) is 4.79 Å². The van der Waals surface area contributed by atoms with Crippen molar-refractivity contribution in [3.63, 3.8) is 0 Å². The quantitative estimate of drug-likeness (QED) is 0.687. The second kappa shape index (κ2) is 6.53. The van der Waals surface area contributed by atoms with Crippen LogP contribution in [0.25, 0.3) is 0 Å².